The summed E-state index contributed by atoms with van der Waals surface area (Å²) in [7, 11) is 3.41. The highest BCUT2D eigenvalue weighted by Gasteiger charge is 2.15. The summed E-state index contributed by atoms with van der Waals surface area (Å²) in [6.07, 6.45) is 1.39. The molecule has 0 bridgehead atoms. The van der Waals surface area contributed by atoms with Gasteiger partial charge in [0.1, 0.15) is 12.2 Å². The average Bonchev–Trinajstić information content (AvgIpc) is 2.61. The fraction of sp³-hybridized carbons (Fsp3) is 0.333. The van der Waals surface area contributed by atoms with E-state index in [1.54, 1.807) is 0 Å². The highest BCUT2D eigenvalue weighted by atomic mass is 35.5. The Morgan fingerprint density at radius 3 is 2.71 bits per heavy atom. The van der Waals surface area contributed by atoms with Gasteiger partial charge in [-0.05, 0) is 18.7 Å². The van der Waals surface area contributed by atoms with Crippen LogP contribution in [0, 0.1) is 6.92 Å². The molecule has 0 aliphatic rings. The summed E-state index contributed by atoms with van der Waals surface area (Å²) < 4.78 is 7.02. The lowest BCUT2D eigenvalue weighted by Gasteiger charge is -2.06. The first-order valence-corrected chi connectivity index (χ1v) is 5.91. The minimum Gasteiger partial charge on any atom is -0.491 e. The monoisotopic (exact) mass is 271 g/mol. The minimum atomic E-state index is 0.281. The van der Waals surface area contributed by atoms with Crippen LogP contribution in [0.1, 0.15) is 5.82 Å². The Morgan fingerprint density at radius 1 is 1.35 bits per heavy atom. The van der Waals surface area contributed by atoms with Crippen LogP contribution in [-0.2, 0) is 7.05 Å². The van der Waals surface area contributed by atoms with Crippen LogP contribution in [0.25, 0.3) is 0 Å². The van der Waals surface area contributed by atoms with Gasteiger partial charge in [-0.1, -0.05) is 11.6 Å². The van der Waals surface area contributed by atoms with Gasteiger partial charge in [0.25, 0.3) is 0 Å². The predicted molar refractivity (Wildman–Crippen MR) is 63.5 cm³/mol. The SMILES string of the molecule is COc1c(Cl)ncnc1Sc1nnc(C)n1C. The Balaban J connectivity index is 2.36. The summed E-state index contributed by atoms with van der Waals surface area (Å²) in [4.78, 5) is 7.97. The number of aromatic nitrogens is 5. The Hall–Kier alpha value is -1.34. The Labute approximate surface area is 107 Å². The molecular weight excluding hydrogens is 262 g/mol. The van der Waals surface area contributed by atoms with Crippen LogP contribution in [0.2, 0.25) is 5.15 Å². The fourth-order valence-electron chi connectivity index (χ4n) is 1.14. The number of aryl methyl sites for hydroxylation is 1. The average molecular weight is 272 g/mol. The van der Waals surface area contributed by atoms with E-state index < -0.39 is 0 Å². The summed E-state index contributed by atoms with van der Waals surface area (Å²) in [5.41, 5.74) is 0. The van der Waals surface area contributed by atoms with Crippen molar-refractivity contribution in [1.82, 2.24) is 24.7 Å². The number of ether oxygens (including phenoxy) is 1. The van der Waals surface area contributed by atoms with E-state index in [0.717, 1.165) is 11.0 Å². The highest BCUT2D eigenvalue weighted by molar-refractivity contribution is 7.99. The second-order valence-electron chi connectivity index (χ2n) is 3.19. The zero-order valence-corrected chi connectivity index (χ0v) is 11.1. The van der Waals surface area contributed by atoms with E-state index in [1.807, 2.05) is 18.5 Å². The summed E-state index contributed by atoms with van der Waals surface area (Å²) >= 11 is 7.24. The smallest absolute Gasteiger partial charge is 0.197 e. The molecule has 0 unspecified atom stereocenters. The molecule has 2 rings (SSSR count). The van der Waals surface area contributed by atoms with E-state index in [9.17, 15) is 0 Å². The maximum absolute atomic E-state index is 5.91. The molecule has 6 nitrogen and oxygen atoms in total. The number of methoxy groups -OCH3 is 1. The standard InChI is InChI=1S/C9H10ClN5OS/c1-5-13-14-9(15(5)2)17-8-6(16-3)7(10)11-4-12-8/h4H,1-3H3. The van der Waals surface area contributed by atoms with Gasteiger partial charge in [0, 0.05) is 7.05 Å². The molecule has 0 N–H and O–H groups in total. The van der Waals surface area contributed by atoms with Gasteiger partial charge in [-0.25, -0.2) is 9.97 Å². The minimum absolute atomic E-state index is 0.281. The van der Waals surface area contributed by atoms with Crippen LogP contribution in [-0.4, -0.2) is 31.8 Å². The van der Waals surface area contributed by atoms with Crippen molar-refractivity contribution in [3.63, 3.8) is 0 Å². The maximum Gasteiger partial charge on any atom is 0.197 e. The third kappa shape index (κ3) is 2.34. The van der Waals surface area contributed by atoms with E-state index >= 15 is 0 Å². The summed E-state index contributed by atoms with van der Waals surface area (Å²) in [5, 5.41) is 9.61. The first kappa shape index (κ1) is 12.1. The van der Waals surface area contributed by atoms with Gasteiger partial charge in [-0.15, -0.1) is 10.2 Å². The van der Waals surface area contributed by atoms with E-state index in [-0.39, 0.29) is 5.15 Å². The number of hydrogen-bond acceptors (Lipinski definition) is 6. The molecule has 2 heterocycles. The van der Waals surface area contributed by atoms with Crippen LogP contribution in [0.15, 0.2) is 16.5 Å². The molecule has 0 saturated heterocycles. The molecule has 2 aromatic rings. The molecule has 0 amide bonds. The first-order valence-electron chi connectivity index (χ1n) is 4.71. The largest absolute Gasteiger partial charge is 0.491 e. The van der Waals surface area contributed by atoms with Gasteiger partial charge in [0.15, 0.2) is 21.1 Å². The van der Waals surface area contributed by atoms with Gasteiger partial charge < -0.3 is 9.30 Å². The molecule has 0 spiro atoms. The zero-order valence-electron chi connectivity index (χ0n) is 9.51. The topological polar surface area (TPSA) is 65.7 Å². The lowest BCUT2D eigenvalue weighted by atomic mass is 10.6. The van der Waals surface area contributed by atoms with Gasteiger partial charge in [0.2, 0.25) is 0 Å². The molecule has 0 aromatic carbocycles. The first-order chi connectivity index (χ1) is 8.13. The molecule has 0 fully saturated rings. The van der Waals surface area contributed by atoms with E-state index in [4.69, 9.17) is 16.3 Å². The van der Waals surface area contributed by atoms with Crippen molar-refractivity contribution in [2.75, 3.05) is 7.11 Å². The lowest BCUT2D eigenvalue weighted by molar-refractivity contribution is 0.398. The number of nitrogens with zero attached hydrogens (tertiary/aromatic N) is 5. The maximum atomic E-state index is 5.91. The van der Waals surface area contributed by atoms with Crippen LogP contribution in [0.3, 0.4) is 0 Å². The fourth-order valence-corrected chi connectivity index (χ4v) is 2.31. The molecule has 8 heteroatoms. The van der Waals surface area contributed by atoms with Crippen molar-refractivity contribution in [2.45, 2.75) is 17.1 Å². The molecule has 0 aliphatic carbocycles. The highest BCUT2D eigenvalue weighted by Crippen LogP contribution is 2.35. The molecule has 0 atom stereocenters. The van der Waals surface area contributed by atoms with Crippen LogP contribution < -0.4 is 4.74 Å². The quantitative estimate of drug-likeness (QED) is 0.792. The van der Waals surface area contributed by atoms with Crippen molar-refractivity contribution in [1.29, 1.82) is 0 Å². The number of halogens is 1. The third-order valence-electron chi connectivity index (χ3n) is 2.17. The molecular formula is C9H10ClN5OS. The zero-order chi connectivity index (χ0) is 12.4. The van der Waals surface area contributed by atoms with E-state index in [0.29, 0.717) is 10.8 Å². The molecule has 2 aromatic heterocycles. The van der Waals surface area contributed by atoms with Crippen molar-refractivity contribution < 1.29 is 4.74 Å². The Bertz CT molecular complexity index is 544. The molecule has 90 valence electrons. The summed E-state index contributed by atoms with van der Waals surface area (Å²) in [6, 6.07) is 0. The molecule has 0 saturated carbocycles. The molecule has 0 aliphatic heterocycles. The Kier molecular flexibility index (Phi) is 3.49. The van der Waals surface area contributed by atoms with Crippen LogP contribution in [0.5, 0.6) is 5.75 Å². The Morgan fingerprint density at radius 2 is 2.12 bits per heavy atom. The van der Waals surface area contributed by atoms with Crippen molar-refractivity contribution in [3.8, 4) is 5.75 Å². The normalized spacial score (nSPS) is 10.6. The molecule has 0 radical (unpaired) electrons. The summed E-state index contributed by atoms with van der Waals surface area (Å²) in [5.74, 6) is 1.27. The van der Waals surface area contributed by atoms with E-state index in [2.05, 4.69) is 20.2 Å². The second kappa shape index (κ2) is 4.89. The molecule has 17 heavy (non-hydrogen) atoms. The van der Waals surface area contributed by atoms with Crippen LogP contribution >= 0.6 is 23.4 Å². The van der Waals surface area contributed by atoms with Crippen molar-refractivity contribution in [3.05, 3.63) is 17.3 Å². The van der Waals surface area contributed by atoms with Crippen molar-refractivity contribution in [2.24, 2.45) is 7.05 Å². The van der Waals surface area contributed by atoms with Gasteiger partial charge in [-0.3, -0.25) is 0 Å². The summed E-state index contributed by atoms with van der Waals surface area (Å²) in [6.45, 7) is 1.88. The van der Waals surface area contributed by atoms with Gasteiger partial charge in [0.05, 0.1) is 7.11 Å². The predicted octanol–water partition coefficient (Wildman–Crippen LogP) is 1.73. The van der Waals surface area contributed by atoms with E-state index in [1.165, 1.54) is 25.2 Å². The number of hydrogen-bond donors (Lipinski definition) is 0. The lowest BCUT2D eigenvalue weighted by Crippen LogP contribution is -1.96. The number of rotatable bonds is 3. The third-order valence-corrected chi connectivity index (χ3v) is 3.46. The van der Waals surface area contributed by atoms with Gasteiger partial charge in [-0.2, -0.15) is 0 Å². The second-order valence-corrected chi connectivity index (χ2v) is 4.51. The van der Waals surface area contributed by atoms with Crippen molar-refractivity contribution >= 4 is 23.4 Å². The van der Waals surface area contributed by atoms with Gasteiger partial charge >= 0.3 is 0 Å². The van der Waals surface area contributed by atoms with Crippen LogP contribution in [0.4, 0.5) is 0 Å².